The molecule has 5 nitrogen and oxygen atoms in total. The van der Waals surface area contributed by atoms with Crippen LogP contribution in [0.25, 0.3) is 0 Å². The van der Waals surface area contributed by atoms with Gasteiger partial charge in [-0.1, -0.05) is 0 Å². The Labute approximate surface area is 78.4 Å². The fourth-order valence-corrected chi connectivity index (χ4v) is 1.47. The quantitative estimate of drug-likeness (QED) is 0.655. The highest BCUT2D eigenvalue weighted by atomic mass is 32.1. The molecular formula is C7H6N2O3S. The van der Waals surface area contributed by atoms with Crippen LogP contribution in [0.15, 0.2) is 0 Å². The van der Waals surface area contributed by atoms with Crippen molar-refractivity contribution in [2.75, 3.05) is 0 Å². The predicted molar refractivity (Wildman–Crippen MR) is 44.9 cm³/mol. The molecule has 1 aromatic heterocycles. The number of aromatic nitrogens is 2. The number of nitrogens with one attached hydrogen (secondary N) is 1. The normalized spacial score (nSPS) is 14.2. The van der Waals surface area contributed by atoms with Gasteiger partial charge in [0.25, 0.3) is 0 Å². The van der Waals surface area contributed by atoms with E-state index < -0.39 is 5.97 Å². The smallest absolute Gasteiger partial charge is 0.355 e. The van der Waals surface area contributed by atoms with E-state index in [0.717, 1.165) is 5.69 Å². The molecule has 0 saturated carbocycles. The summed E-state index contributed by atoms with van der Waals surface area (Å²) < 4.78 is 5.26. The van der Waals surface area contributed by atoms with Crippen molar-refractivity contribution in [3.05, 3.63) is 21.7 Å². The van der Waals surface area contributed by atoms with Crippen molar-refractivity contribution in [1.29, 1.82) is 0 Å². The van der Waals surface area contributed by atoms with Crippen LogP contribution in [0.3, 0.4) is 0 Å². The van der Waals surface area contributed by atoms with Gasteiger partial charge in [-0.2, -0.15) is 0 Å². The second-order valence-electron chi connectivity index (χ2n) is 2.65. The van der Waals surface area contributed by atoms with Crippen LogP contribution in [0.1, 0.15) is 21.7 Å². The largest absolute Gasteiger partial charge is 0.476 e. The first-order valence-corrected chi connectivity index (χ1v) is 4.02. The van der Waals surface area contributed by atoms with Gasteiger partial charge in [-0.3, -0.25) is 0 Å². The molecule has 0 aromatic carbocycles. The van der Waals surface area contributed by atoms with Gasteiger partial charge in [0.2, 0.25) is 0 Å². The lowest BCUT2D eigenvalue weighted by Crippen LogP contribution is -2.07. The van der Waals surface area contributed by atoms with Gasteiger partial charge in [-0.05, 0) is 12.2 Å². The van der Waals surface area contributed by atoms with E-state index in [1.807, 2.05) is 0 Å². The average Bonchev–Trinajstić information content (AvgIpc) is 2.49. The van der Waals surface area contributed by atoms with E-state index in [9.17, 15) is 4.79 Å². The highest BCUT2D eigenvalue weighted by Crippen LogP contribution is 2.19. The molecule has 0 fully saturated rings. The van der Waals surface area contributed by atoms with Crippen molar-refractivity contribution in [2.45, 2.75) is 13.2 Å². The first-order chi connectivity index (χ1) is 6.18. The topological polar surface area (TPSA) is 75.2 Å². The molecule has 0 atom stereocenters. The summed E-state index contributed by atoms with van der Waals surface area (Å²) in [5.41, 5.74) is 1.31. The minimum absolute atomic E-state index is 0.00347. The molecule has 0 aliphatic carbocycles. The van der Waals surface area contributed by atoms with Crippen LogP contribution in [-0.2, 0) is 18.0 Å². The zero-order valence-corrected chi connectivity index (χ0v) is 7.35. The number of fused-ring (bicyclic) bond motifs is 1. The van der Waals surface area contributed by atoms with Gasteiger partial charge < -0.3 is 14.8 Å². The Hall–Kier alpha value is -1.27. The molecule has 6 heteroatoms. The number of aromatic amines is 1. The maximum Gasteiger partial charge on any atom is 0.355 e. The third-order valence-electron chi connectivity index (χ3n) is 1.82. The molecule has 1 aliphatic rings. The van der Waals surface area contributed by atoms with Gasteiger partial charge in [-0.25, -0.2) is 9.78 Å². The summed E-state index contributed by atoms with van der Waals surface area (Å²) in [7, 11) is 0. The Morgan fingerprint density at radius 2 is 2.38 bits per heavy atom. The van der Waals surface area contributed by atoms with Gasteiger partial charge >= 0.3 is 5.97 Å². The molecule has 1 aromatic rings. The van der Waals surface area contributed by atoms with Gasteiger partial charge in [0.05, 0.1) is 18.9 Å². The zero-order chi connectivity index (χ0) is 9.42. The molecule has 1 aliphatic heterocycles. The third-order valence-corrected chi connectivity index (χ3v) is 2.01. The lowest BCUT2D eigenvalue weighted by molar-refractivity contribution is 0.0685. The van der Waals surface area contributed by atoms with Crippen molar-refractivity contribution < 1.29 is 14.6 Å². The molecule has 2 N–H and O–H groups in total. The SMILES string of the molecule is O=C(O)c1nc(=S)[nH]c2c1COC2. The first kappa shape index (κ1) is 8.33. The number of ether oxygens (including phenoxy) is 1. The summed E-state index contributed by atoms with van der Waals surface area (Å²) in [4.78, 5) is 17.3. The van der Waals surface area contributed by atoms with E-state index in [2.05, 4.69) is 9.97 Å². The van der Waals surface area contributed by atoms with E-state index in [1.54, 1.807) is 0 Å². The lowest BCUT2D eigenvalue weighted by atomic mass is 10.2. The van der Waals surface area contributed by atoms with E-state index in [4.69, 9.17) is 22.1 Å². The van der Waals surface area contributed by atoms with Gasteiger partial charge in [0.1, 0.15) is 0 Å². The molecule has 0 radical (unpaired) electrons. The minimum Gasteiger partial charge on any atom is -0.476 e. The van der Waals surface area contributed by atoms with Crippen molar-refractivity contribution >= 4 is 18.2 Å². The predicted octanol–water partition coefficient (Wildman–Crippen LogP) is 0.868. The fraction of sp³-hybridized carbons (Fsp3) is 0.286. The van der Waals surface area contributed by atoms with E-state index in [1.165, 1.54) is 0 Å². The molecule has 0 saturated heterocycles. The molecular weight excluding hydrogens is 192 g/mol. The number of carboxylic acids is 1. The van der Waals surface area contributed by atoms with Crippen molar-refractivity contribution in [3.63, 3.8) is 0 Å². The standard InChI is InChI=1S/C7H6N2O3S/c10-6(11)5-3-1-12-2-4(3)8-7(13)9-5/h1-2H2,(H,10,11)(H,8,9,13). The summed E-state index contributed by atoms with van der Waals surface area (Å²) in [6, 6.07) is 0. The average molecular weight is 198 g/mol. The second-order valence-corrected chi connectivity index (χ2v) is 3.03. The molecule has 68 valence electrons. The van der Waals surface area contributed by atoms with Gasteiger partial charge in [0, 0.05) is 5.56 Å². The highest BCUT2D eigenvalue weighted by Gasteiger charge is 2.21. The number of hydrogen-bond acceptors (Lipinski definition) is 4. The van der Waals surface area contributed by atoms with Crippen molar-refractivity contribution in [2.24, 2.45) is 0 Å². The molecule has 0 unspecified atom stereocenters. The maximum absolute atomic E-state index is 10.7. The highest BCUT2D eigenvalue weighted by molar-refractivity contribution is 7.71. The summed E-state index contributed by atoms with van der Waals surface area (Å²) in [6.45, 7) is 0.665. The molecule has 0 spiro atoms. The molecule has 13 heavy (non-hydrogen) atoms. The summed E-state index contributed by atoms with van der Waals surface area (Å²) in [6.07, 6.45) is 0. The van der Waals surface area contributed by atoms with Gasteiger partial charge in [-0.15, -0.1) is 0 Å². The Morgan fingerprint density at radius 1 is 1.62 bits per heavy atom. The number of aromatic carboxylic acids is 1. The van der Waals surface area contributed by atoms with E-state index in [0.29, 0.717) is 12.2 Å². The monoisotopic (exact) mass is 198 g/mol. The van der Waals surface area contributed by atoms with Crippen molar-refractivity contribution in [3.8, 4) is 0 Å². The third kappa shape index (κ3) is 1.34. The Bertz CT molecular complexity index is 426. The Balaban J connectivity index is 2.69. The van der Waals surface area contributed by atoms with Gasteiger partial charge in [0.15, 0.2) is 10.5 Å². The van der Waals surface area contributed by atoms with Crippen molar-refractivity contribution in [1.82, 2.24) is 9.97 Å². The fourth-order valence-electron chi connectivity index (χ4n) is 1.26. The molecule has 0 amide bonds. The van der Waals surface area contributed by atoms with Crippen LogP contribution in [0.4, 0.5) is 0 Å². The summed E-state index contributed by atoms with van der Waals surface area (Å²) in [5, 5.41) is 8.80. The lowest BCUT2D eigenvalue weighted by Gasteiger charge is -2.00. The van der Waals surface area contributed by atoms with Crippen LogP contribution >= 0.6 is 12.2 Å². The maximum atomic E-state index is 10.7. The molecule has 0 bridgehead atoms. The molecule has 2 heterocycles. The van der Waals surface area contributed by atoms with Crippen LogP contribution in [0.5, 0.6) is 0 Å². The zero-order valence-electron chi connectivity index (χ0n) is 6.53. The molecule has 2 rings (SSSR count). The second kappa shape index (κ2) is 2.90. The minimum atomic E-state index is -1.07. The van der Waals surface area contributed by atoms with Crippen LogP contribution in [-0.4, -0.2) is 21.0 Å². The number of rotatable bonds is 1. The van der Waals surface area contributed by atoms with E-state index in [-0.39, 0.29) is 17.1 Å². The Kier molecular flexibility index (Phi) is 1.86. The first-order valence-electron chi connectivity index (χ1n) is 3.61. The Morgan fingerprint density at radius 3 is 3.08 bits per heavy atom. The number of H-pyrrole nitrogens is 1. The number of carboxylic acid groups (broad SMARTS) is 1. The summed E-state index contributed by atoms with van der Waals surface area (Å²) in [5.74, 6) is -1.07. The number of carbonyl (C=O) groups is 1. The number of hydrogen-bond donors (Lipinski definition) is 2. The van der Waals surface area contributed by atoms with Crippen LogP contribution < -0.4 is 0 Å². The summed E-state index contributed by atoms with van der Waals surface area (Å²) >= 11 is 4.77. The van der Waals surface area contributed by atoms with Crippen LogP contribution in [0.2, 0.25) is 0 Å². The number of nitrogens with zero attached hydrogens (tertiary/aromatic N) is 1. The van der Waals surface area contributed by atoms with E-state index >= 15 is 0 Å². The van der Waals surface area contributed by atoms with Crippen LogP contribution in [0, 0.1) is 4.77 Å².